The summed E-state index contributed by atoms with van der Waals surface area (Å²) in [5.74, 6) is 0. The molecule has 0 heterocycles. The van der Waals surface area contributed by atoms with E-state index in [4.69, 9.17) is 12.2 Å². The van der Waals surface area contributed by atoms with Crippen molar-refractivity contribution < 1.29 is 0 Å². The summed E-state index contributed by atoms with van der Waals surface area (Å²) in [6, 6.07) is 6.96. The summed E-state index contributed by atoms with van der Waals surface area (Å²) in [6.07, 6.45) is 7.54. The lowest BCUT2D eigenvalue weighted by Crippen LogP contribution is -2.39. The Bertz CT molecular complexity index is 436. The van der Waals surface area contributed by atoms with Gasteiger partial charge in [-0.3, -0.25) is 0 Å². The van der Waals surface area contributed by atoms with Crippen LogP contribution in [0, 0.1) is 6.92 Å². The Morgan fingerprint density at radius 2 is 2.00 bits per heavy atom. The molecule has 2 N–H and O–H groups in total. The van der Waals surface area contributed by atoms with Crippen molar-refractivity contribution >= 4 is 23.0 Å². The molecule has 1 aromatic carbocycles. The fourth-order valence-electron chi connectivity index (χ4n) is 2.78. The molecule has 0 unspecified atom stereocenters. The number of hydrogen-bond acceptors (Lipinski definition) is 1. The van der Waals surface area contributed by atoms with Gasteiger partial charge in [-0.25, -0.2) is 0 Å². The fourth-order valence-corrected chi connectivity index (χ4v) is 3.05. The van der Waals surface area contributed by atoms with Crippen LogP contribution in [-0.2, 0) is 6.42 Å². The Morgan fingerprint density at radius 3 is 2.68 bits per heavy atom. The normalized spacial score (nSPS) is 16.1. The van der Waals surface area contributed by atoms with Crippen molar-refractivity contribution in [3.05, 3.63) is 29.3 Å². The monoisotopic (exact) mass is 276 g/mol. The molecule has 0 saturated heterocycles. The minimum atomic E-state index is 0.558. The molecule has 1 saturated carbocycles. The Morgan fingerprint density at radius 1 is 1.26 bits per heavy atom. The number of nitrogens with one attached hydrogen (secondary N) is 2. The zero-order chi connectivity index (χ0) is 13.7. The molecule has 19 heavy (non-hydrogen) atoms. The SMILES string of the molecule is CCc1cccc(C)c1NC(=S)NC1CCCCC1. The van der Waals surface area contributed by atoms with Crippen LogP contribution in [0.3, 0.4) is 0 Å². The first-order valence-corrected chi connectivity index (χ1v) is 7.77. The fraction of sp³-hybridized carbons (Fsp3) is 0.562. The van der Waals surface area contributed by atoms with E-state index in [0.29, 0.717) is 6.04 Å². The standard InChI is InChI=1S/C16H24N2S/c1-3-13-9-7-8-12(2)15(13)18-16(19)17-14-10-5-4-6-11-14/h7-9,14H,3-6,10-11H2,1-2H3,(H2,17,18,19). The second-order valence-electron chi connectivity index (χ2n) is 5.40. The third kappa shape index (κ3) is 3.93. The van der Waals surface area contributed by atoms with Crippen LogP contribution in [0.4, 0.5) is 5.69 Å². The van der Waals surface area contributed by atoms with E-state index in [0.717, 1.165) is 11.5 Å². The van der Waals surface area contributed by atoms with Gasteiger partial charge in [0.1, 0.15) is 0 Å². The van der Waals surface area contributed by atoms with Crippen molar-refractivity contribution in [1.29, 1.82) is 0 Å². The van der Waals surface area contributed by atoms with Crippen LogP contribution in [0.5, 0.6) is 0 Å². The average molecular weight is 276 g/mol. The molecule has 1 fully saturated rings. The molecule has 0 aromatic heterocycles. The number of aryl methyl sites for hydroxylation is 2. The van der Waals surface area contributed by atoms with Crippen LogP contribution >= 0.6 is 12.2 Å². The van der Waals surface area contributed by atoms with Gasteiger partial charge in [0, 0.05) is 11.7 Å². The lowest BCUT2D eigenvalue weighted by atomic mass is 9.96. The van der Waals surface area contributed by atoms with Gasteiger partial charge < -0.3 is 10.6 Å². The minimum Gasteiger partial charge on any atom is -0.360 e. The maximum atomic E-state index is 5.46. The van der Waals surface area contributed by atoms with Crippen LogP contribution in [0.25, 0.3) is 0 Å². The summed E-state index contributed by atoms with van der Waals surface area (Å²) in [5.41, 5.74) is 3.76. The second-order valence-corrected chi connectivity index (χ2v) is 5.80. The highest BCUT2D eigenvalue weighted by atomic mass is 32.1. The summed E-state index contributed by atoms with van der Waals surface area (Å²) in [6.45, 7) is 4.31. The van der Waals surface area contributed by atoms with Crippen molar-refractivity contribution in [3.8, 4) is 0 Å². The Labute approximate surface area is 122 Å². The number of anilines is 1. The van der Waals surface area contributed by atoms with Crippen molar-refractivity contribution in [2.24, 2.45) is 0 Å². The Balaban J connectivity index is 1.98. The highest BCUT2D eigenvalue weighted by Gasteiger charge is 2.14. The van der Waals surface area contributed by atoms with E-state index in [1.54, 1.807) is 0 Å². The summed E-state index contributed by atoms with van der Waals surface area (Å²) in [5, 5.41) is 7.64. The van der Waals surface area contributed by atoms with E-state index in [2.05, 4.69) is 42.7 Å². The quantitative estimate of drug-likeness (QED) is 0.810. The van der Waals surface area contributed by atoms with Crippen LogP contribution in [-0.4, -0.2) is 11.2 Å². The molecule has 0 atom stereocenters. The molecule has 2 nitrogen and oxygen atoms in total. The predicted octanol–water partition coefficient (Wildman–Crippen LogP) is 4.18. The van der Waals surface area contributed by atoms with Crippen molar-refractivity contribution in [2.75, 3.05) is 5.32 Å². The van der Waals surface area contributed by atoms with E-state index in [1.807, 2.05) is 0 Å². The lowest BCUT2D eigenvalue weighted by molar-refractivity contribution is 0.415. The second kappa shape index (κ2) is 6.90. The molecule has 0 spiro atoms. The van der Waals surface area contributed by atoms with Gasteiger partial charge in [-0.05, 0) is 49.5 Å². The molecular formula is C16H24N2S. The summed E-state index contributed by atoms with van der Waals surface area (Å²) in [4.78, 5) is 0. The average Bonchev–Trinajstić information content (AvgIpc) is 2.42. The third-order valence-corrected chi connectivity index (χ3v) is 4.14. The first-order chi connectivity index (χ1) is 9.20. The van der Waals surface area contributed by atoms with Crippen LogP contribution in [0.15, 0.2) is 18.2 Å². The van der Waals surface area contributed by atoms with Gasteiger partial charge in [-0.1, -0.05) is 44.4 Å². The smallest absolute Gasteiger partial charge is 0.171 e. The molecule has 0 radical (unpaired) electrons. The molecule has 0 amide bonds. The van der Waals surface area contributed by atoms with E-state index in [-0.39, 0.29) is 0 Å². The molecule has 0 bridgehead atoms. The molecule has 1 aromatic rings. The van der Waals surface area contributed by atoms with Crippen molar-refractivity contribution in [2.45, 2.75) is 58.4 Å². The molecule has 104 valence electrons. The molecule has 2 rings (SSSR count). The van der Waals surface area contributed by atoms with E-state index in [1.165, 1.54) is 48.9 Å². The van der Waals surface area contributed by atoms with Gasteiger partial charge in [-0.2, -0.15) is 0 Å². The Hall–Kier alpha value is -1.09. The van der Waals surface area contributed by atoms with Crippen LogP contribution < -0.4 is 10.6 Å². The highest BCUT2D eigenvalue weighted by molar-refractivity contribution is 7.80. The minimum absolute atomic E-state index is 0.558. The van der Waals surface area contributed by atoms with E-state index < -0.39 is 0 Å². The largest absolute Gasteiger partial charge is 0.360 e. The van der Waals surface area contributed by atoms with Gasteiger partial charge in [0.25, 0.3) is 0 Å². The lowest BCUT2D eigenvalue weighted by Gasteiger charge is -2.25. The molecule has 1 aliphatic carbocycles. The van der Waals surface area contributed by atoms with Crippen LogP contribution in [0.1, 0.15) is 50.2 Å². The summed E-state index contributed by atoms with van der Waals surface area (Å²) in [7, 11) is 0. The zero-order valence-electron chi connectivity index (χ0n) is 12.0. The first kappa shape index (κ1) is 14.3. The highest BCUT2D eigenvalue weighted by Crippen LogP contribution is 2.22. The van der Waals surface area contributed by atoms with Crippen LogP contribution in [0.2, 0.25) is 0 Å². The third-order valence-electron chi connectivity index (χ3n) is 3.92. The van der Waals surface area contributed by atoms with Crippen molar-refractivity contribution in [3.63, 3.8) is 0 Å². The summed E-state index contributed by atoms with van der Waals surface area (Å²) < 4.78 is 0. The van der Waals surface area contributed by atoms with Gasteiger partial charge in [0.05, 0.1) is 0 Å². The number of rotatable bonds is 3. The van der Waals surface area contributed by atoms with Gasteiger partial charge >= 0.3 is 0 Å². The van der Waals surface area contributed by atoms with Gasteiger partial charge in [0.2, 0.25) is 0 Å². The number of hydrogen-bond donors (Lipinski definition) is 2. The first-order valence-electron chi connectivity index (χ1n) is 7.36. The molecule has 0 aliphatic heterocycles. The summed E-state index contributed by atoms with van der Waals surface area (Å²) >= 11 is 5.46. The molecular weight excluding hydrogens is 252 g/mol. The van der Waals surface area contributed by atoms with Crippen molar-refractivity contribution in [1.82, 2.24) is 5.32 Å². The Kier molecular flexibility index (Phi) is 5.20. The maximum Gasteiger partial charge on any atom is 0.171 e. The topological polar surface area (TPSA) is 24.1 Å². The zero-order valence-corrected chi connectivity index (χ0v) is 12.8. The number of thiocarbonyl (C=S) groups is 1. The van der Waals surface area contributed by atoms with Gasteiger partial charge in [-0.15, -0.1) is 0 Å². The van der Waals surface area contributed by atoms with Gasteiger partial charge in [0.15, 0.2) is 5.11 Å². The molecule has 1 aliphatic rings. The van der Waals surface area contributed by atoms with E-state index >= 15 is 0 Å². The number of benzene rings is 1. The molecule has 3 heteroatoms. The predicted molar refractivity (Wildman–Crippen MR) is 86.8 cm³/mol. The van der Waals surface area contributed by atoms with E-state index in [9.17, 15) is 0 Å². The number of para-hydroxylation sites is 1. The maximum absolute atomic E-state index is 5.46.